The maximum atomic E-state index is 13.7. The molecule has 0 aliphatic heterocycles. The van der Waals surface area contributed by atoms with Gasteiger partial charge in [0.15, 0.2) is 0 Å². The normalized spacial score (nSPS) is 12.2. The summed E-state index contributed by atoms with van der Waals surface area (Å²) in [5.74, 6) is 0.848. The predicted octanol–water partition coefficient (Wildman–Crippen LogP) is 3.95. The largest absolute Gasteiger partial charge is 0.457 e. The van der Waals surface area contributed by atoms with E-state index in [0.717, 1.165) is 5.56 Å². The molecule has 0 fully saturated rings. The van der Waals surface area contributed by atoms with Crippen molar-refractivity contribution < 1.29 is 9.13 Å². The van der Waals surface area contributed by atoms with Crippen LogP contribution in [0.4, 0.5) is 4.39 Å². The number of benzene rings is 2. The van der Waals surface area contributed by atoms with E-state index in [4.69, 9.17) is 10.5 Å². The molecule has 2 N–H and O–H groups in total. The van der Waals surface area contributed by atoms with Gasteiger partial charge in [0, 0.05) is 11.6 Å². The van der Waals surface area contributed by atoms with Crippen LogP contribution in [0.3, 0.4) is 0 Å². The lowest BCUT2D eigenvalue weighted by molar-refractivity contribution is 0.458. The lowest BCUT2D eigenvalue weighted by Crippen LogP contribution is -2.09. The minimum atomic E-state index is -0.412. The number of aryl methyl sites for hydroxylation is 1. The van der Waals surface area contributed by atoms with Gasteiger partial charge in [0.25, 0.3) is 0 Å². The van der Waals surface area contributed by atoms with E-state index in [9.17, 15) is 4.39 Å². The van der Waals surface area contributed by atoms with Crippen LogP contribution in [-0.2, 0) is 0 Å². The molecule has 0 heterocycles. The van der Waals surface area contributed by atoms with Crippen molar-refractivity contribution in [2.24, 2.45) is 5.73 Å². The lowest BCUT2D eigenvalue weighted by Gasteiger charge is -2.15. The Balaban J connectivity index is 2.41. The Kier molecular flexibility index (Phi) is 3.63. The van der Waals surface area contributed by atoms with Crippen molar-refractivity contribution in [2.75, 3.05) is 0 Å². The Morgan fingerprint density at radius 1 is 1.06 bits per heavy atom. The quantitative estimate of drug-likeness (QED) is 0.888. The van der Waals surface area contributed by atoms with Crippen molar-refractivity contribution in [2.45, 2.75) is 19.9 Å². The van der Waals surface area contributed by atoms with Crippen LogP contribution in [0, 0.1) is 12.7 Å². The van der Waals surface area contributed by atoms with Crippen LogP contribution >= 0.6 is 0 Å². The molecule has 0 amide bonds. The van der Waals surface area contributed by atoms with Gasteiger partial charge in [-0.05, 0) is 37.6 Å². The second-order valence-electron chi connectivity index (χ2n) is 4.31. The summed E-state index contributed by atoms with van der Waals surface area (Å²) < 4.78 is 19.5. The highest BCUT2D eigenvalue weighted by Gasteiger charge is 2.14. The summed E-state index contributed by atoms with van der Waals surface area (Å²) in [4.78, 5) is 0. The number of para-hydroxylation sites is 1. The van der Waals surface area contributed by atoms with Crippen LogP contribution in [0.2, 0.25) is 0 Å². The van der Waals surface area contributed by atoms with Crippen LogP contribution in [-0.4, -0.2) is 0 Å². The van der Waals surface area contributed by atoms with E-state index >= 15 is 0 Å². The molecule has 0 unspecified atom stereocenters. The Morgan fingerprint density at radius 3 is 2.39 bits per heavy atom. The van der Waals surface area contributed by atoms with E-state index in [1.54, 1.807) is 19.1 Å². The zero-order valence-corrected chi connectivity index (χ0v) is 10.5. The topological polar surface area (TPSA) is 35.2 Å². The SMILES string of the molecule is Cc1ccccc1Oc1cccc(F)c1[C@H](C)N. The molecular formula is C15H16FNO. The molecule has 2 rings (SSSR count). The first-order valence-electron chi connectivity index (χ1n) is 5.87. The van der Waals surface area contributed by atoms with Crippen LogP contribution in [0.1, 0.15) is 24.1 Å². The molecule has 2 aromatic rings. The van der Waals surface area contributed by atoms with Crippen molar-refractivity contribution in [3.63, 3.8) is 0 Å². The average Bonchev–Trinajstić information content (AvgIpc) is 2.31. The van der Waals surface area contributed by atoms with E-state index in [1.807, 2.05) is 31.2 Å². The number of halogens is 1. The molecule has 18 heavy (non-hydrogen) atoms. The molecule has 2 aromatic carbocycles. The Morgan fingerprint density at radius 2 is 1.72 bits per heavy atom. The maximum absolute atomic E-state index is 13.7. The van der Waals surface area contributed by atoms with Crippen molar-refractivity contribution in [1.29, 1.82) is 0 Å². The molecule has 0 aliphatic carbocycles. The summed E-state index contributed by atoms with van der Waals surface area (Å²) in [6.45, 7) is 3.68. The van der Waals surface area contributed by atoms with Gasteiger partial charge >= 0.3 is 0 Å². The fourth-order valence-electron chi connectivity index (χ4n) is 1.84. The molecule has 0 saturated heterocycles. The van der Waals surface area contributed by atoms with Crippen molar-refractivity contribution in [1.82, 2.24) is 0 Å². The summed E-state index contributed by atoms with van der Waals surface area (Å²) in [6, 6.07) is 11.9. The van der Waals surface area contributed by atoms with E-state index in [-0.39, 0.29) is 5.82 Å². The van der Waals surface area contributed by atoms with Crippen molar-refractivity contribution in [3.05, 3.63) is 59.4 Å². The molecule has 0 saturated carbocycles. The first-order valence-corrected chi connectivity index (χ1v) is 5.87. The second kappa shape index (κ2) is 5.19. The van der Waals surface area contributed by atoms with Crippen molar-refractivity contribution in [3.8, 4) is 11.5 Å². The third-order valence-electron chi connectivity index (χ3n) is 2.78. The van der Waals surface area contributed by atoms with Gasteiger partial charge in [-0.1, -0.05) is 24.3 Å². The van der Waals surface area contributed by atoms with Gasteiger partial charge in [0.05, 0.1) is 0 Å². The number of ether oxygens (including phenoxy) is 1. The summed E-state index contributed by atoms with van der Waals surface area (Å²) in [6.07, 6.45) is 0. The Bertz CT molecular complexity index is 552. The van der Waals surface area contributed by atoms with Gasteiger partial charge in [0.2, 0.25) is 0 Å². The first-order chi connectivity index (χ1) is 8.59. The number of hydrogen-bond acceptors (Lipinski definition) is 2. The van der Waals surface area contributed by atoms with E-state index in [1.165, 1.54) is 6.07 Å². The van der Waals surface area contributed by atoms with E-state index in [2.05, 4.69) is 0 Å². The van der Waals surface area contributed by atoms with Crippen molar-refractivity contribution >= 4 is 0 Å². The van der Waals surface area contributed by atoms with Crippen LogP contribution in [0.25, 0.3) is 0 Å². The fourth-order valence-corrected chi connectivity index (χ4v) is 1.84. The number of hydrogen-bond donors (Lipinski definition) is 1. The summed E-state index contributed by atoms with van der Waals surface area (Å²) in [5.41, 5.74) is 7.19. The third-order valence-corrected chi connectivity index (χ3v) is 2.78. The van der Waals surface area contributed by atoms with Gasteiger partial charge in [-0.15, -0.1) is 0 Å². The molecule has 3 heteroatoms. The van der Waals surface area contributed by atoms with Gasteiger partial charge in [-0.25, -0.2) is 4.39 Å². The molecule has 1 atom stereocenters. The molecule has 2 nitrogen and oxygen atoms in total. The number of nitrogens with two attached hydrogens (primary N) is 1. The molecule has 94 valence electrons. The van der Waals surface area contributed by atoms with Gasteiger partial charge in [-0.3, -0.25) is 0 Å². The average molecular weight is 245 g/mol. The van der Waals surface area contributed by atoms with Gasteiger partial charge in [0.1, 0.15) is 17.3 Å². The second-order valence-corrected chi connectivity index (χ2v) is 4.31. The summed E-state index contributed by atoms with van der Waals surface area (Å²) >= 11 is 0. The van der Waals surface area contributed by atoms with E-state index < -0.39 is 6.04 Å². The highest BCUT2D eigenvalue weighted by molar-refractivity contribution is 5.42. The summed E-state index contributed by atoms with van der Waals surface area (Å²) in [7, 11) is 0. The minimum Gasteiger partial charge on any atom is -0.457 e. The highest BCUT2D eigenvalue weighted by atomic mass is 19.1. The van der Waals surface area contributed by atoms with Gasteiger partial charge in [-0.2, -0.15) is 0 Å². The van der Waals surface area contributed by atoms with Crippen LogP contribution < -0.4 is 10.5 Å². The van der Waals surface area contributed by atoms with Crippen LogP contribution in [0.15, 0.2) is 42.5 Å². The molecule has 0 spiro atoms. The Labute approximate surface area is 106 Å². The molecule has 0 aromatic heterocycles. The van der Waals surface area contributed by atoms with Gasteiger partial charge < -0.3 is 10.5 Å². The standard InChI is InChI=1S/C15H16FNO/c1-10-6-3-4-8-13(10)18-14-9-5-7-12(16)15(14)11(2)17/h3-9,11H,17H2,1-2H3/t11-/m0/s1. The smallest absolute Gasteiger partial charge is 0.135 e. The van der Waals surface area contributed by atoms with E-state index in [0.29, 0.717) is 17.1 Å². The Hall–Kier alpha value is -1.87. The minimum absolute atomic E-state index is 0.337. The maximum Gasteiger partial charge on any atom is 0.135 e. The fraction of sp³-hybridized carbons (Fsp3) is 0.200. The predicted molar refractivity (Wildman–Crippen MR) is 70.3 cm³/mol. The lowest BCUT2D eigenvalue weighted by atomic mass is 10.1. The van der Waals surface area contributed by atoms with Crippen LogP contribution in [0.5, 0.6) is 11.5 Å². The first kappa shape index (κ1) is 12.6. The molecular weight excluding hydrogens is 229 g/mol. The zero-order chi connectivity index (χ0) is 13.1. The molecule has 0 bridgehead atoms. The molecule has 0 radical (unpaired) electrons. The highest BCUT2D eigenvalue weighted by Crippen LogP contribution is 2.31. The summed E-state index contributed by atoms with van der Waals surface area (Å²) in [5, 5.41) is 0. The molecule has 0 aliphatic rings. The monoisotopic (exact) mass is 245 g/mol. The zero-order valence-electron chi connectivity index (χ0n) is 10.5. The number of rotatable bonds is 3. The third kappa shape index (κ3) is 2.51.